The van der Waals surface area contributed by atoms with Crippen molar-refractivity contribution in [1.82, 2.24) is 4.90 Å². The molecule has 0 saturated heterocycles. The quantitative estimate of drug-likeness (QED) is 0.756. The molecule has 2 amide bonds. The molecule has 116 valence electrons. The van der Waals surface area contributed by atoms with Gasteiger partial charge >= 0.3 is 11.8 Å². The molecular formula is C17H26N2O2. The molecule has 0 aromatic heterocycles. The molecule has 21 heavy (non-hydrogen) atoms. The topological polar surface area (TPSA) is 40.6 Å². The lowest BCUT2D eigenvalue weighted by Gasteiger charge is -2.26. The minimum absolute atomic E-state index is 0.401. The fourth-order valence-electron chi connectivity index (χ4n) is 2.34. The van der Waals surface area contributed by atoms with Crippen LogP contribution in [0.4, 0.5) is 5.69 Å². The highest BCUT2D eigenvalue weighted by Crippen LogP contribution is 2.16. The van der Waals surface area contributed by atoms with Crippen LogP contribution in [0, 0.1) is 6.92 Å². The maximum Gasteiger partial charge on any atom is 0.316 e. The third-order valence-electron chi connectivity index (χ3n) is 3.33. The lowest BCUT2D eigenvalue weighted by atomic mass is 10.2. The lowest BCUT2D eigenvalue weighted by Crippen LogP contribution is -2.46. The zero-order valence-electron chi connectivity index (χ0n) is 13.6. The molecule has 0 aliphatic carbocycles. The van der Waals surface area contributed by atoms with Crippen molar-refractivity contribution in [3.8, 4) is 0 Å². The van der Waals surface area contributed by atoms with Crippen LogP contribution in [0.2, 0.25) is 0 Å². The number of carbonyl (C=O) groups excluding carboxylic acids is 2. The Balaban J connectivity index is 2.94. The van der Waals surface area contributed by atoms with Crippen LogP contribution < -0.4 is 4.90 Å². The molecule has 0 heterocycles. The highest BCUT2D eigenvalue weighted by atomic mass is 16.2. The van der Waals surface area contributed by atoms with Gasteiger partial charge in [0.2, 0.25) is 0 Å². The zero-order chi connectivity index (χ0) is 15.8. The van der Waals surface area contributed by atoms with E-state index in [1.165, 1.54) is 0 Å². The van der Waals surface area contributed by atoms with Crippen molar-refractivity contribution in [3.05, 3.63) is 29.8 Å². The molecule has 0 bridgehead atoms. The third-order valence-corrected chi connectivity index (χ3v) is 3.33. The molecule has 4 heteroatoms. The van der Waals surface area contributed by atoms with E-state index in [1.807, 2.05) is 52.0 Å². The van der Waals surface area contributed by atoms with Gasteiger partial charge in [-0.3, -0.25) is 9.59 Å². The van der Waals surface area contributed by atoms with Crippen molar-refractivity contribution in [3.63, 3.8) is 0 Å². The molecule has 0 N–H and O–H groups in total. The molecular weight excluding hydrogens is 264 g/mol. The first kappa shape index (κ1) is 17.2. The number of anilines is 1. The highest BCUT2D eigenvalue weighted by molar-refractivity contribution is 6.40. The number of rotatable bonds is 6. The first-order chi connectivity index (χ1) is 10.0. The standard InChI is InChI=1S/C17H26N2O2/c1-5-11-18(12-6-2)16(20)17(21)19(7-3)15-10-8-9-14(4)13-15/h8-10,13H,5-7,11-12H2,1-4H3. The summed E-state index contributed by atoms with van der Waals surface area (Å²) in [6.45, 7) is 9.63. The number of hydrogen-bond donors (Lipinski definition) is 0. The van der Waals surface area contributed by atoms with Gasteiger partial charge in [0.15, 0.2) is 0 Å². The van der Waals surface area contributed by atoms with Crippen molar-refractivity contribution in [1.29, 1.82) is 0 Å². The van der Waals surface area contributed by atoms with E-state index in [2.05, 4.69) is 0 Å². The molecule has 1 rings (SSSR count). The summed E-state index contributed by atoms with van der Waals surface area (Å²) in [5, 5.41) is 0. The summed E-state index contributed by atoms with van der Waals surface area (Å²) in [4.78, 5) is 28.1. The summed E-state index contributed by atoms with van der Waals surface area (Å²) in [6.07, 6.45) is 1.71. The molecule has 0 saturated carbocycles. The van der Waals surface area contributed by atoms with Crippen molar-refractivity contribution in [2.45, 2.75) is 40.5 Å². The van der Waals surface area contributed by atoms with Gasteiger partial charge in [0.25, 0.3) is 0 Å². The van der Waals surface area contributed by atoms with Crippen LogP contribution in [0.25, 0.3) is 0 Å². The zero-order valence-corrected chi connectivity index (χ0v) is 13.6. The summed E-state index contributed by atoms with van der Waals surface area (Å²) < 4.78 is 0. The van der Waals surface area contributed by atoms with Gasteiger partial charge in [-0.1, -0.05) is 26.0 Å². The van der Waals surface area contributed by atoms with Gasteiger partial charge in [-0.25, -0.2) is 0 Å². The Kier molecular flexibility index (Phi) is 6.92. The third kappa shape index (κ3) is 4.59. The summed E-state index contributed by atoms with van der Waals surface area (Å²) in [7, 11) is 0. The molecule has 0 aliphatic heterocycles. The van der Waals surface area contributed by atoms with Crippen LogP contribution in [0.5, 0.6) is 0 Å². The van der Waals surface area contributed by atoms with Crippen molar-refractivity contribution < 1.29 is 9.59 Å². The predicted molar refractivity (Wildman–Crippen MR) is 86.4 cm³/mol. The summed E-state index contributed by atoms with van der Waals surface area (Å²) in [5.74, 6) is -0.841. The maximum atomic E-state index is 12.5. The molecule has 4 nitrogen and oxygen atoms in total. The van der Waals surface area contributed by atoms with Crippen LogP contribution in [0.15, 0.2) is 24.3 Å². The Bertz CT molecular complexity index is 479. The summed E-state index contributed by atoms with van der Waals surface area (Å²) in [5.41, 5.74) is 1.86. The Labute approximate surface area is 127 Å². The monoisotopic (exact) mass is 290 g/mol. The number of benzene rings is 1. The molecule has 0 aliphatic rings. The minimum atomic E-state index is -0.440. The second kappa shape index (κ2) is 8.45. The van der Waals surface area contributed by atoms with E-state index in [-0.39, 0.29) is 0 Å². The highest BCUT2D eigenvalue weighted by Gasteiger charge is 2.26. The van der Waals surface area contributed by atoms with Gasteiger partial charge in [0, 0.05) is 25.3 Å². The number of amides is 2. The minimum Gasteiger partial charge on any atom is -0.334 e. The molecule has 0 radical (unpaired) electrons. The number of aryl methyl sites for hydroxylation is 1. The van der Waals surface area contributed by atoms with E-state index in [0.29, 0.717) is 19.6 Å². The Morgan fingerprint density at radius 2 is 1.62 bits per heavy atom. The van der Waals surface area contributed by atoms with E-state index in [0.717, 1.165) is 24.1 Å². The van der Waals surface area contributed by atoms with Gasteiger partial charge in [0.05, 0.1) is 0 Å². The number of likely N-dealkylation sites (N-methyl/N-ethyl adjacent to an activating group) is 1. The van der Waals surface area contributed by atoms with Crippen LogP contribution in [-0.2, 0) is 9.59 Å². The summed E-state index contributed by atoms with van der Waals surface area (Å²) >= 11 is 0. The van der Waals surface area contributed by atoms with Gasteiger partial charge < -0.3 is 9.80 Å². The Morgan fingerprint density at radius 1 is 1.00 bits per heavy atom. The molecule has 0 unspecified atom stereocenters. The fourth-order valence-corrected chi connectivity index (χ4v) is 2.34. The smallest absolute Gasteiger partial charge is 0.316 e. The predicted octanol–water partition coefficient (Wildman–Crippen LogP) is 3.00. The van der Waals surface area contributed by atoms with E-state index in [4.69, 9.17) is 0 Å². The van der Waals surface area contributed by atoms with Crippen LogP contribution in [-0.4, -0.2) is 36.3 Å². The van der Waals surface area contributed by atoms with E-state index in [1.54, 1.807) is 9.80 Å². The van der Waals surface area contributed by atoms with Gasteiger partial charge in [-0.05, 0) is 44.4 Å². The van der Waals surface area contributed by atoms with E-state index < -0.39 is 11.8 Å². The molecule has 1 aromatic carbocycles. The van der Waals surface area contributed by atoms with Gasteiger partial charge in [0.1, 0.15) is 0 Å². The number of nitrogens with zero attached hydrogens (tertiary/aromatic N) is 2. The molecule has 1 aromatic rings. The Hall–Kier alpha value is -1.84. The normalized spacial score (nSPS) is 10.3. The second-order valence-electron chi connectivity index (χ2n) is 5.18. The maximum absolute atomic E-state index is 12.5. The van der Waals surface area contributed by atoms with Crippen LogP contribution >= 0.6 is 0 Å². The van der Waals surface area contributed by atoms with Crippen molar-refractivity contribution >= 4 is 17.5 Å². The second-order valence-corrected chi connectivity index (χ2v) is 5.18. The van der Waals surface area contributed by atoms with Gasteiger partial charge in [-0.2, -0.15) is 0 Å². The van der Waals surface area contributed by atoms with Crippen LogP contribution in [0.1, 0.15) is 39.2 Å². The van der Waals surface area contributed by atoms with Crippen molar-refractivity contribution in [2.24, 2.45) is 0 Å². The number of hydrogen-bond acceptors (Lipinski definition) is 2. The fraction of sp³-hybridized carbons (Fsp3) is 0.529. The molecule has 0 fully saturated rings. The van der Waals surface area contributed by atoms with Gasteiger partial charge in [-0.15, -0.1) is 0 Å². The average molecular weight is 290 g/mol. The lowest BCUT2D eigenvalue weighted by molar-refractivity contribution is -0.144. The first-order valence-electron chi connectivity index (χ1n) is 7.72. The van der Waals surface area contributed by atoms with Crippen LogP contribution in [0.3, 0.4) is 0 Å². The Morgan fingerprint density at radius 3 is 2.10 bits per heavy atom. The number of carbonyl (C=O) groups is 2. The molecule has 0 spiro atoms. The first-order valence-corrected chi connectivity index (χ1v) is 7.72. The van der Waals surface area contributed by atoms with Crippen molar-refractivity contribution in [2.75, 3.05) is 24.5 Å². The largest absolute Gasteiger partial charge is 0.334 e. The van der Waals surface area contributed by atoms with E-state index in [9.17, 15) is 9.59 Å². The average Bonchev–Trinajstić information content (AvgIpc) is 2.47. The molecule has 0 atom stereocenters. The summed E-state index contributed by atoms with van der Waals surface area (Å²) in [6, 6.07) is 7.68. The van der Waals surface area contributed by atoms with E-state index >= 15 is 0 Å². The SMILES string of the molecule is CCCN(CCC)C(=O)C(=O)N(CC)c1cccc(C)c1.